The highest BCUT2D eigenvalue weighted by Gasteiger charge is 2.20. The minimum absolute atomic E-state index is 0.164. The third kappa shape index (κ3) is 2.94. The van der Waals surface area contributed by atoms with Gasteiger partial charge in [-0.1, -0.05) is 0 Å². The highest BCUT2D eigenvalue weighted by molar-refractivity contribution is 14.1. The molecule has 2 rings (SSSR count). The first-order chi connectivity index (χ1) is 7.97. The van der Waals surface area contributed by atoms with E-state index in [0.29, 0.717) is 10.5 Å². The van der Waals surface area contributed by atoms with Crippen molar-refractivity contribution in [3.8, 4) is 5.75 Å². The van der Waals surface area contributed by atoms with Gasteiger partial charge in [-0.05, 0) is 75.2 Å². The maximum Gasteiger partial charge on any atom is 0.286 e. The fraction of sp³-hybridized carbons (Fsp3) is 0. The van der Waals surface area contributed by atoms with Crippen LogP contribution in [-0.4, -0.2) is 16.2 Å². The van der Waals surface area contributed by atoms with Gasteiger partial charge in [0.1, 0.15) is 5.75 Å². The summed E-state index contributed by atoms with van der Waals surface area (Å²) in [7, 11) is 0. The number of aromatic hydroxyl groups is 1. The van der Waals surface area contributed by atoms with E-state index >= 15 is 0 Å². The van der Waals surface area contributed by atoms with Gasteiger partial charge in [0.15, 0.2) is 5.17 Å². The molecule has 88 valence electrons. The first kappa shape index (κ1) is 13.1. The fourth-order valence-corrected chi connectivity index (χ4v) is 3.83. The number of amides is 1. The second-order valence-corrected chi connectivity index (χ2v) is 6.66. The van der Waals surface area contributed by atoms with Crippen molar-refractivity contribution in [1.29, 1.82) is 0 Å². The molecule has 0 fully saturated rings. The van der Waals surface area contributed by atoms with Crippen LogP contribution in [0.5, 0.6) is 5.75 Å². The quantitative estimate of drug-likeness (QED) is 0.487. The van der Waals surface area contributed by atoms with Gasteiger partial charge in [0, 0.05) is 9.13 Å². The number of rotatable bonds is 1. The molecule has 4 nitrogen and oxygen atoms in total. The number of amidine groups is 1. The molecule has 0 saturated carbocycles. The molecule has 3 N–H and O–H groups in total. The molecule has 0 atom stereocenters. The maximum atomic E-state index is 11.4. The molecule has 0 radical (unpaired) electrons. The number of carbonyl (C=O) groups excluding carboxylic acids is 1. The Morgan fingerprint density at radius 2 is 2.12 bits per heavy atom. The van der Waals surface area contributed by atoms with Crippen LogP contribution in [0.4, 0.5) is 0 Å². The van der Waals surface area contributed by atoms with Crippen molar-refractivity contribution >= 4 is 74.1 Å². The number of hydrogen-bond acceptors (Lipinski definition) is 4. The predicted octanol–water partition coefficient (Wildman–Crippen LogP) is 2.53. The Balaban J connectivity index is 2.44. The zero-order chi connectivity index (χ0) is 12.6. The lowest BCUT2D eigenvalue weighted by Gasteiger charge is -2.04. The van der Waals surface area contributed by atoms with Gasteiger partial charge in [0.25, 0.3) is 5.91 Å². The molecule has 1 heterocycles. The van der Waals surface area contributed by atoms with E-state index in [1.54, 1.807) is 12.1 Å². The number of aliphatic imine (C=N–C) groups is 1. The van der Waals surface area contributed by atoms with Gasteiger partial charge >= 0.3 is 0 Å². The second-order valence-electron chi connectivity index (χ2n) is 3.19. The topological polar surface area (TPSA) is 75.7 Å². The van der Waals surface area contributed by atoms with E-state index in [4.69, 9.17) is 5.73 Å². The highest BCUT2D eigenvalue weighted by atomic mass is 127. The molecule has 1 aromatic carbocycles. The Labute approximate surface area is 129 Å². The highest BCUT2D eigenvalue weighted by Crippen LogP contribution is 2.32. The zero-order valence-corrected chi connectivity index (χ0v) is 13.4. The second kappa shape index (κ2) is 5.14. The first-order valence-electron chi connectivity index (χ1n) is 4.43. The summed E-state index contributed by atoms with van der Waals surface area (Å²) >= 11 is 5.31. The number of phenols is 1. The standard InChI is InChI=1S/C10H6I2N2O2S/c11-5-1-4(8(15)6(12)3-5)2-7-9(16)14-10(13)17-7/h1-3,15H,(H2,13,14,16)/b7-2-. The Morgan fingerprint density at radius 3 is 2.71 bits per heavy atom. The molecular weight excluding hydrogens is 466 g/mol. The van der Waals surface area contributed by atoms with E-state index in [2.05, 4.69) is 27.6 Å². The van der Waals surface area contributed by atoms with Crippen molar-refractivity contribution in [3.63, 3.8) is 0 Å². The SMILES string of the molecule is NC1=NC(=O)/C(=C/c2cc(I)cc(I)c2O)S1. The van der Waals surface area contributed by atoms with Crippen molar-refractivity contribution in [1.82, 2.24) is 0 Å². The first-order valence-corrected chi connectivity index (χ1v) is 7.41. The van der Waals surface area contributed by atoms with Gasteiger partial charge in [-0.15, -0.1) is 0 Å². The molecule has 0 unspecified atom stereocenters. The molecule has 0 aromatic heterocycles. The summed E-state index contributed by atoms with van der Waals surface area (Å²) in [4.78, 5) is 15.5. The average Bonchev–Trinajstić information content (AvgIpc) is 2.53. The number of hydrogen-bond donors (Lipinski definition) is 2. The van der Waals surface area contributed by atoms with Crippen LogP contribution < -0.4 is 5.73 Å². The molecule has 0 saturated heterocycles. The van der Waals surface area contributed by atoms with E-state index in [0.717, 1.165) is 18.9 Å². The van der Waals surface area contributed by atoms with Gasteiger partial charge < -0.3 is 10.8 Å². The van der Waals surface area contributed by atoms with E-state index in [-0.39, 0.29) is 16.8 Å². The van der Waals surface area contributed by atoms with Gasteiger partial charge in [0.2, 0.25) is 0 Å². The molecule has 0 bridgehead atoms. The lowest BCUT2D eigenvalue weighted by molar-refractivity contribution is -0.113. The minimum Gasteiger partial charge on any atom is -0.506 e. The number of nitrogens with zero attached hydrogens (tertiary/aromatic N) is 1. The predicted molar refractivity (Wildman–Crippen MR) is 85.7 cm³/mol. The normalized spacial score (nSPS) is 17.6. The molecule has 1 amide bonds. The van der Waals surface area contributed by atoms with Gasteiger partial charge in [-0.25, -0.2) is 0 Å². The van der Waals surface area contributed by atoms with Gasteiger partial charge in [-0.3, -0.25) is 4.79 Å². The van der Waals surface area contributed by atoms with Crippen molar-refractivity contribution in [2.75, 3.05) is 0 Å². The van der Waals surface area contributed by atoms with Crippen LogP contribution in [0.2, 0.25) is 0 Å². The maximum absolute atomic E-state index is 11.4. The Bertz CT molecular complexity index is 570. The average molecular weight is 472 g/mol. The van der Waals surface area contributed by atoms with Crippen LogP contribution in [-0.2, 0) is 4.79 Å². The van der Waals surface area contributed by atoms with Crippen molar-refractivity contribution in [3.05, 3.63) is 29.7 Å². The molecule has 1 aliphatic rings. The molecular formula is C10H6I2N2O2S. The Kier molecular flexibility index (Phi) is 3.98. The van der Waals surface area contributed by atoms with Gasteiger partial charge in [0.05, 0.1) is 8.48 Å². The van der Waals surface area contributed by atoms with Crippen molar-refractivity contribution in [2.24, 2.45) is 10.7 Å². The monoisotopic (exact) mass is 472 g/mol. The van der Waals surface area contributed by atoms with Crippen LogP contribution in [0.15, 0.2) is 22.0 Å². The lowest BCUT2D eigenvalue weighted by atomic mass is 10.2. The van der Waals surface area contributed by atoms with Crippen LogP contribution in [0.25, 0.3) is 6.08 Å². The third-order valence-electron chi connectivity index (χ3n) is 1.98. The molecule has 0 aliphatic carbocycles. The Morgan fingerprint density at radius 1 is 1.41 bits per heavy atom. The molecule has 17 heavy (non-hydrogen) atoms. The summed E-state index contributed by atoms with van der Waals surface area (Å²) in [5.74, 6) is -0.196. The number of halogens is 2. The summed E-state index contributed by atoms with van der Waals surface area (Å²) in [6.45, 7) is 0. The lowest BCUT2D eigenvalue weighted by Crippen LogP contribution is -2.01. The molecule has 1 aliphatic heterocycles. The summed E-state index contributed by atoms with van der Waals surface area (Å²) in [6.07, 6.45) is 1.61. The molecule has 1 aromatic rings. The fourth-order valence-electron chi connectivity index (χ4n) is 1.26. The van der Waals surface area contributed by atoms with Crippen molar-refractivity contribution in [2.45, 2.75) is 0 Å². The number of carbonyl (C=O) groups is 1. The van der Waals surface area contributed by atoms with E-state index in [1.807, 2.05) is 28.7 Å². The van der Waals surface area contributed by atoms with Crippen LogP contribution in [0.1, 0.15) is 5.56 Å². The third-order valence-corrected chi connectivity index (χ3v) is 4.24. The van der Waals surface area contributed by atoms with Crippen LogP contribution >= 0.6 is 56.9 Å². The van der Waals surface area contributed by atoms with Crippen molar-refractivity contribution < 1.29 is 9.90 Å². The van der Waals surface area contributed by atoms with E-state index in [1.165, 1.54) is 0 Å². The largest absolute Gasteiger partial charge is 0.506 e. The Hall–Kier alpha value is -0.290. The summed E-state index contributed by atoms with van der Waals surface area (Å²) in [5.41, 5.74) is 6.05. The smallest absolute Gasteiger partial charge is 0.286 e. The van der Waals surface area contributed by atoms with Crippen LogP contribution in [0.3, 0.4) is 0 Å². The number of thioether (sulfide) groups is 1. The number of phenolic OH excluding ortho intramolecular Hbond substituents is 1. The number of benzene rings is 1. The summed E-state index contributed by atoms with van der Waals surface area (Å²) in [5, 5.41) is 10.1. The molecule has 7 heteroatoms. The summed E-state index contributed by atoms with van der Waals surface area (Å²) in [6, 6.07) is 3.65. The zero-order valence-electron chi connectivity index (χ0n) is 8.28. The van der Waals surface area contributed by atoms with Crippen LogP contribution in [0, 0.1) is 7.14 Å². The summed E-state index contributed by atoms with van der Waals surface area (Å²) < 4.78 is 1.73. The van der Waals surface area contributed by atoms with E-state index < -0.39 is 0 Å². The minimum atomic E-state index is -0.360. The molecule has 0 spiro atoms. The van der Waals surface area contributed by atoms with Gasteiger partial charge in [-0.2, -0.15) is 4.99 Å². The van der Waals surface area contributed by atoms with E-state index in [9.17, 15) is 9.90 Å². The number of nitrogens with two attached hydrogens (primary N) is 1.